The number of rotatable bonds is 0. The third-order valence-electron chi connectivity index (χ3n) is 0. The van der Waals surface area contributed by atoms with Crippen molar-refractivity contribution in [3.63, 3.8) is 0 Å². The van der Waals surface area contributed by atoms with Gasteiger partial charge in [-0.05, 0) is 27.5 Å². The Bertz CT molecular complexity index is 71.7. The second-order valence-corrected chi connectivity index (χ2v) is 1.71. The van der Waals surface area contributed by atoms with Crippen LogP contribution in [0.4, 0.5) is 0 Å². The zero-order valence-corrected chi connectivity index (χ0v) is 12.6. The number of hydrogen-bond acceptors (Lipinski definition) is 0. The summed E-state index contributed by atoms with van der Waals surface area (Å²) in [6.07, 6.45) is 0. The van der Waals surface area contributed by atoms with E-state index < -0.39 is 0 Å². The van der Waals surface area contributed by atoms with E-state index in [4.69, 9.17) is 0 Å². The molecular weight excluding hydrogens is 278 g/mol. The van der Waals surface area contributed by atoms with Gasteiger partial charge in [-0.25, -0.2) is 0 Å². The fourth-order valence-electron chi connectivity index (χ4n) is 0. The predicted octanol–water partition coefficient (Wildman–Crippen LogP) is 0.237. The van der Waals surface area contributed by atoms with Gasteiger partial charge < -0.3 is 9.15 Å². The summed E-state index contributed by atoms with van der Waals surface area (Å²) in [5.74, 6) is 0. The van der Waals surface area contributed by atoms with Crippen LogP contribution in [0.1, 0.15) is 0 Å². The molecule has 2 radical (unpaired) electrons. The largest absolute Gasteiger partial charge is 0.377 e. The summed E-state index contributed by atoms with van der Waals surface area (Å²) in [6.45, 7) is 6.72. The molecule has 54 valence electrons. The number of nitrogens with zero attached hydrogens (tertiary/aromatic N) is 2. The van der Waals surface area contributed by atoms with Crippen molar-refractivity contribution in [2.45, 2.75) is 0 Å². The Morgan fingerprint density at radius 3 is 0.900 bits per heavy atom. The van der Waals surface area contributed by atoms with Crippen molar-refractivity contribution in [1.29, 1.82) is 0 Å². The Labute approximate surface area is 115 Å². The molecule has 4 heteroatoms. The monoisotopic (exact) mass is 292 g/mol. The maximum Gasteiger partial charge on any atom is 0.104 e. The Balaban J connectivity index is -0.0000000300. The van der Waals surface area contributed by atoms with Gasteiger partial charge in [0.2, 0.25) is 0 Å². The van der Waals surface area contributed by atoms with E-state index in [0.29, 0.717) is 0 Å². The molecule has 0 aliphatic rings. The normalized spacial score (nSPS) is 5.00. The molecule has 0 unspecified atom stereocenters. The molecule has 0 N–H and O–H groups in total. The SMILES string of the molecule is C=[N+]([CH2-])C.C=[N+]([CH2-])C.[Y].[Y]. The van der Waals surface area contributed by atoms with Crippen molar-refractivity contribution < 1.29 is 74.6 Å². The van der Waals surface area contributed by atoms with E-state index in [9.17, 15) is 0 Å². The van der Waals surface area contributed by atoms with Crippen LogP contribution in [0.15, 0.2) is 0 Å². The van der Waals surface area contributed by atoms with E-state index in [-0.39, 0.29) is 65.4 Å². The summed E-state index contributed by atoms with van der Waals surface area (Å²) in [6, 6.07) is 0. The van der Waals surface area contributed by atoms with Crippen molar-refractivity contribution in [2.75, 3.05) is 14.1 Å². The Kier molecular flexibility index (Phi) is 37.6. The Morgan fingerprint density at radius 1 is 0.900 bits per heavy atom. The summed E-state index contributed by atoms with van der Waals surface area (Å²) in [5.41, 5.74) is 0. The van der Waals surface area contributed by atoms with Crippen LogP contribution in [0.3, 0.4) is 0 Å². The van der Waals surface area contributed by atoms with Crippen LogP contribution in [-0.2, 0) is 65.4 Å². The smallest absolute Gasteiger partial charge is 0.104 e. The van der Waals surface area contributed by atoms with E-state index >= 15 is 0 Å². The fourth-order valence-corrected chi connectivity index (χ4v) is 0. The molecule has 0 fully saturated rings. The van der Waals surface area contributed by atoms with Gasteiger partial charge in [-0.15, -0.1) is 0 Å². The van der Waals surface area contributed by atoms with Crippen LogP contribution in [-0.4, -0.2) is 36.7 Å². The molecule has 0 aliphatic carbocycles. The molecule has 0 saturated heterocycles. The first-order valence-electron chi connectivity index (χ1n) is 2.16. The minimum absolute atomic E-state index is 0. The van der Waals surface area contributed by atoms with Crippen LogP contribution in [0.25, 0.3) is 0 Å². The first-order chi connectivity index (χ1) is 3.46. The Hall–Kier alpha value is 1.29. The average molecular weight is 292 g/mol. The summed E-state index contributed by atoms with van der Waals surface area (Å²) >= 11 is 0. The van der Waals surface area contributed by atoms with Crippen LogP contribution in [0, 0.1) is 14.1 Å². The second-order valence-electron chi connectivity index (χ2n) is 1.71. The van der Waals surface area contributed by atoms with Gasteiger partial charge in [0.1, 0.15) is 14.1 Å². The predicted molar refractivity (Wildman–Crippen MR) is 37.3 cm³/mol. The van der Waals surface area contributed by atoms with Crippen LogP contribution in [0.5, 0.6) is 0 Å². The number of hydrogen-bond donors (Lipinski definition) is 0. The molecule has 0 bridgehead atoms. The minimum atomic E-state index is 0. The summed E-state index contributed by atoms with van der Waals surface area (Å²) in [5, 5.41) is 0. The van der Waals surface area contributed by atoms with Gasteiger partial charge >= 0.3 is 0 Å². The molecule has 0 heterocycles. The Morgan fingerprint density at radius 2 is 0.900 bits per heavy atom. The van der Waals surface area contributed by atoms with Crippen molar-refractivity contribution in [1.82, 2.24) is 0 Å². The van der Waals surface area contributed by atoms with E-state index in [1.807, 2.05) is 0 Å². The quantitative estimate of drug-likeness (QED) is 0.343. The van der Waals surface area contributed by atoms with Gasteiger partial charge in [0, 0.05) is 65.4 Å². The third kappa shape index (κ3) is 385. The van der Waals surface area contributed by atoms with Gasteiger partial charge in [0.15, 0.2) is 0 Å². The van der Waals surface area contributed by atoms with E-state index in [1.54, 1.807) is 14.1 Å². The van der Waals surface area contributed by atoms with Gasteiger partial charge in [0.25, 0.3) is 0 Å². The molecule has 0 aliphatic heterocycles. The maximum absolute atomic E-state index is 3.36. The van der Waals surface area contributed by atoms with E-state index in [2.05, 4.69) is 27.5 Å². The van der Waals surface area contributed by atoms with E-state index in [0.717, 1.165) is 0 Å². The first-order valence-corrected chi connectivity index (χ1v) is 2.16. The van der Waals surface area contributed by atoms with Crippen molar-refractivity contribution in [2.24, 2.45) is 0 Å². The topological polar surface area (TPSA) is 6.02 Å². The first kappa shape index (κ1) is 22.5. The molecule has 0 spiro atoms. The van der Waals surface area contributed by atoms with Gasteiger partial charge in [0.05, 0.1) is 0 Å². The standard InChI is InChI=1S/2C3H7N.2Y/c2*1-4(2)3;;/h2*1-2H2,3H3;;. The van der Waals surface area contributed by atoms with Crippen LogP contribution >= 0.6 is 0 Å². The molecule has 0 aromatic rings. The van der Waals surface area contributed by atoms with Gasteiger partial charge in [-0.2, -0.15) is 0 Å². The molecule has 0 saturated carbocycles. The fraction of sp³-hybridized carbons (Fsp3) is 0.333. The maximum atomic E-state index is 3.36. The molecule has 0 aromatic carbocycles. The third-order valence-corrected chi connectivity index (χ3v) is 0. The van der Waals surface area contributed by atoms with Crippen molar-refractivity contribution in [3.05, 3.63) is 14.1 Å². The zero-order chi connectivity index (χ0) is 7.15. The van der Waals surface area contributed by atoms with Crippen molar-refractivity contribution >= 4 is 13.4 Å². The molecular formula is C6H14N2Y2. The molecule has 0 amide bonds. The van der Waals surface area contributed by atoms with Gasteiger partial charge in [-0.3, -0.25) is 0 Å². The molecule has 0 atom stereocenters. The zero-order valence-electron chi connectivity index (χ0n) is 6.88. The van der Waals surface area contributed by atoms with Crippen LogP contribution in [0.2, 0.25) is 0 Å². The molecule has 0 aromatic heterocycles. The average Bonchev–Trinajstić information content (AvgIpc) is 1.25. The second kappa shape index (κ2) is 16.7. The molecule has 0 rings (SSSR count). The van der Waals surface area contributed by atoms with Gasteiger partial charge in [-0.1, -0.05) is 0 Å². The summed E-state index contributed by atoms with van der Waals surface area (Å²) in [7, 11) is 10.3. The van der Waals surface area contributed by atoms with Crippen molar-refractivity contribution in [3.8, 4) is 0 Å². The minimum Gasteiger partial charge on any atom is -0.377 e. The molecule has 2 nitrogen and oxygen atoms in total. The summed E-state index contributed by atoms with van der Waals surface area (Å²) in [4.78, 5) is 0. The molecule has 10 heavy (non-hydrogen) atoms. The van der Waals surface area contributed by atoms with E-state index in [1.165, 1.54) is 9.15 Å². The van der Waals surface area contributed by atoms with Crippen LogP contribution < -0.4 is 0 Å². The summed E-state index contributed by atoms with van der Waals surface area (Å²) < 4.78 is 3.00.